The second kappa shape index (κ2) is 9.49. The van der Waals surface area contributed by atoms with E-state index < -0.39 is 15.8 Å². The second-order valence-electron chi connectivity index (χ2n) is 7.79. The minimum Gasteiger partial charge on any atom is -0.381 e. The quantitative estimate of drug-likeness (QED) is 0.560. The zero-order valence-electron chi connectivity index (χ0n) is 17.2. The van der Waals surface area contributed by atoms with Gasteiger partial charge in [-0.15, -0.1) is 0 Å². The fraction of sp³-hybridized carbons (Fsp3) is 0.250. The molecule has 31 heavy (non-hydrogen) atoms. The number of benzene rings is 3. The molecule has 162 valence electrons. The van der Waals surface area contributed by atoms with Crippen molar-refractivity contribution < 1.29 is 12.8 Å². The van der Waals surface area contributed by atoms with E-state index in [1.807, 2.05) is 18.2 Å². The van der Waals surface area contributed by atoms with Crippen molar-refractivity contribution in [2.75, 3.05) is 23.1 Å². The molecule has 0 amide bonds. The van der Waals surface area contributed by atoms with Gasteiger partial charge < -0.3 is 5.32 Å². The lowest BCUT2D eigenvalue weighted by Gasteiger charge is -2.33. The summed E-state index contributed by atoms with van der Waals surface area (Å²) in [6.07, 6.45) is 1.96. The average molecular weight is 440 g/mol. The van der Waals surface area contributed by atoms with Crippen molar-refractivity contribution >= 4 is 21.4 Å². The maximum Gasteiger partial charge on any atom is 0.261 e. The van der Waals surface area contributed by atoms with Gasteiger partial charge in [-0.3, -0.25) is 9.62 Å². The molecule has 7 heteroatoms. The summed E-state index contributed by atoms with van der Waals surface area (Å²) >= 11 is 0. The van der Waals surface area contributed by atoms with Gasteiger partial charge in [0, 0.05) is 25.7 Å². The van der Waals surface area contributed by atoms with Crippen LogP contribution in [0.15, 0.2) is 83.8 Å². The van der Waals surface area contributed by atoms with Crippen molar-refractivity contribution in [2.45, 2.75) is 30.3 Å². The van der Waals surface area contributed by atoms with Crippen LogP contribution in [0.2, 0.25) is 0 Å². The van der Waals surface area contributed by atoms with Gasteiger partial charge in [-0.05, 0) is 54.8 Å². The highest BCUT2D eigenvalue weighted by atomic mass is 32.2. The van der Waals surface area contributed by atoms with Crippen molar-refractivity contribution in [3.05, 3.63) is 90.2 Å². The van der Waals surface area contributed by atoms with Crippen molar-refractivity contribution in [3.8, 4) is 0 Å². The van der Waals surface area contributed by atoms with Gasteiger partial charge in [0.15, 0.2) is 0 Å². The van der Waals surface area contributed by atoms with Gasteiger partial charge in [0.25, 0.3) is 10.0 Å². The summed E-state index contributed by atoms with van der Waals surface area (Å²) in [6, 6.07) is 22.8. The maximum atomic E-state index is 13.1. The molecule has 1 heterocycles. The smallest absolute Gasteiger partial charge is 0.261 e. The number of sulfonamides is 1. The molecular formula is C24H26FN3O2S. The molecule has 1 aliphatic heterocycles. The van der Waals surface area contributed by atoms with Crippen LogP contribution in [-0.4, -0.2) is 32.4 Å². The monoisotopic (exact) mass is 439 g/mol. The predicted molar refractivity (Wildman–Crippen MR) is 122 cm³/mol. The standard InChI is InChI=1S/C24H26FN3O2S/c25-20-10-12-22(13-11-20)31(29,30)27-24-9-5-4-8-23(24)26-21-14-16-28(17-15-21)18-19-6-2-1-3-7-19/h1-13,21,26-27H,14-18H2. The normalized spacial score (nSPS) is 15.5. The molecule has 0 unspecified atom stereocenters. The number of rotatable bonds is 7. The van der Waals surface area contributed by atoms with Crippen LogP contribution in [0, 0.1) is 5.82 Å². The van der Waals surface area contributed by atoms with Crippen LogP contribution in [0.3, 0.4) is 0 Å². The van der Waals surface area contributed by atoms with E-state index in [2.05, 4.69) is 39.2 Å². The average Bonchev–Trinajstić information content (AvgIpc) is 2.77. The zero-order chi connectivity index (χ0) is 21.7. The fourth-order valence-corrected chi connectivity index (χ4v) is 4.89. The topological polar surface area (TPSA) is 61.4 Å². The van der Waals surface area contributed by atoms with Gasteiger partial charge in [-0.2, -0.15) is 0 Å². The van der Waals surface area contributed by atoms with Gasteiger partial charge in [-0.1, -0.05) is 42.5 Å². The highest BCUT2D eigenvalue weighted by Crippen LogP contribution is 2.27. The molecule has 3 aromatic carbocycles. The Morgan fingerprint density at radius 3 is 2.13 bits per heavy atom. The van der Waals surface area contributed by atoms with E-state index in [0.717, 1.165) is 50.3 Å². The molecule has 0 bridgehead atoms. The Balaban J connectivity index is 1.38. The van der Waals surface area contributed by atoms with E-state index in [1.54, 1.807) is 12.1 Å². The van der Waals surface area contributed by atoms with Gasteiger partial charge in [0.2, 0.25) is 0 Å². The van der Waals surface area contributed by atoms with Crippen LogP contribution >= 0.6 is 0 Å². The van der Waals surface area contributed by atoms with E-state index in [-0.39, 0.29) is 10.9 Å². The minimum atomic E-state index is -3.80. The number of hydrogen-bond donors (Lipinski definition) is 2. The number of nitrogens with one attached hydrogen (secondary N) is 2. The highest BCUT2D eigenvalue weighted by Gasteiger charge is 2.21. The maximum absolute atomic E-state index is 13.1. The Labute approximate surface area is 183 Å². The first-order valence-corrected chi connectivity index (χ1v) is 11.9. The summed E-state index contributed by atoms with van der Waals surface area (Å²) in [5.74, 6) is -0.473. The summed E-state index contributed by atoms with van der Waals surface area (Å²) in [5.41, 5.74) is 2.54. The highest BCUT2D eigenvalue weighted by molar-refractivity contribution is 7.92. The number of piperidine rings is 1. The Morgan fingerprint density at radius 2 is 1.45 bits per heavy atom. The molecule has 2 N–H and O–H groups in total. The summed E-state index contributed by atoms with van der Waals surface area (Å²) in [4.78, 5) is 2.47. The first kappa shape index (κ1) is 21.3. The number of likely N-dealkylation sites (tertiary alicyclic amines) is 1. The summed E-state index contributed by atoms with van der Waals surface area (Å²) in [5, 5.41) is 3.50. The number of halogens is 1. The molecule has 1 saturated heterocycles. The lowest BCUT2D eigenvalue weighted by Crippen LogP contribution is -2.38. The number of nitrogens with zero attached hydrogens (tertiary/aromatic N) is 1. The molecule has 0 atom stereocenters. The summed E-state index contributed by atoms with van der Waals surface area (Å²) in [6.45, 7) is 2.91. The molecule has 1 aliphatic rings. The van der Waals surface area contributed by atoms with Gasteiger partial charge in [0.05, 0.1) is 16.3 Å². The molecular weight excluding hydrogens is 413 g/mol. The van der Waals surface area contributed by atoms with E-state index >= 15 is 0 Å². The molecule has 5 nitrogen and oxygen atoms in total. The molecule has 3 aromatic rings. The molecule has 0 spiro atoms. The molecule has 0 aliphatic carbocycles. The SMILES string of the molecule is O=S(=O)(Nc1ccccc1NC1CCN(Cc2ccccc2)CC1)c1ccc(F)cc1. The van der Waals surface area contributed by atoms with Gasteiger partial charge >= 0.3 is 0 Å². The molecule has 0 radical (unpaired) electrons. The van der Waals surface area contributed by atoms with Crippen LogP contribution in [0.5, 0.6) is 0 Å². The minimum absolute atomic E-state index is 0.0259. The van der Waals surface area contributed by atoms with Gasteiger partial charge in [0.1, 0.15) is 5.82 Å². The fourth-order valence-electron chi connectivity index (χ4n) is 3.81. The van der Waals surface area contributed by atoms with Crippen molar-refractivity contribution in [1.29, 1.82) is 0 Å². The van der Waals surface area contributed by atoms with Crippen molar-refractivity contribution in [3.63, 3.8) is 0 Å². The van der Waals surface area contributed by atoms with Crippen molar-refractivity contribution in [1.82, 2.24) is 4.90 Å². The molecule has 4 rings (SSSR count). The molecule has 0 saturated carbocycles. The number of para-hydroxylation sites is 2. The van der Waals surface area contributed by atoms with E-state index in [9.17, 15) is 12.8 Å². The Morgan fingerprint density at radius 1 is 0.839 bits per heavy atom. The van der Waals surface area contributed by atoms with Crippen molar-refractivity contribution in [2.24, 2.45) is 0 Å². The van der Waals surface area contributed by atoms with Crippen LogP contribution in [0.25, 0.3) is 0 Å². The zero-order valence-corrected chi connectivity index (χ0v) is 18.0. The lowest BCUT2D eigenvalue weighted by atomic mass is 10.0. The van der Waals surface area contributed by atoms with Crippen LogP contribution in [-0.2, 0) is 16.6 Å². The largest absolute Gasteiger partial charge is 0.381 e. The number of hydrogen-bond acceptors (Lipinski definition) is 4. The summed E-state index contributed by atoms with van der Waals surface area (Å²) in [7, 11) is -3.80. The number of anilines is 2. The third-order valence-electron chi connectivity index (χ3n) is 5.49. The molecule has 1 fully saturated rings. The third-order valence-corrected chi connectivity index (χ3v) is 6.87. The molecule has 0 aromatic heterocycles. The Bertz CT molecular complexity index is 1100. The second-order valence-corrected chi connectivity index (χ2v) is 9.47. The lowest BCUT2D eigenvalue weighted by molar-refractivity contribution is 0.211. The van der Waals surface area contributed by atoms with Crippen LogP contribution in [0.4, 0.5) is 15.8 Å². The first-order valence-electron chi connectivity index (χ1n) is 10.4. The van der Waals surface area contributed by atoms with Crippen LogP contribution in [0.1, 0.15) is 18.4 Å². The Hall–Kier alpha value is -2.90. The predicted octanol–water partition coefficient (Wildman–Crippen LogP) is 4.70. The van der Waals surface area contributed by atoms with E-state index in [0.29, 0.717) is 5.69 Å². The first-order chi connectivity index (χ1) is 15.0. The van der Waals surface area contributed by atoms with E-state index in [1.165, 1.54) is 17.7 Å². The van der Waals surface area contributed by atoms with Gasteiger partial charge in [-0.25, -0.2) is 12.8 Å². The van der Waals surface area contributed by atoms with E-state index in [4.69, 9.17) is 0 Å². The Kier molecular flexibility index (Phi) is 6.53. The van der Waals surface area contributed by atoms with Crippen LogP contribution < -0.4 is 10.0 Å². The third kappa shape index (κ3) is 5.62. The summed E-state index contributed by atoms with van der Waals surface area (Å²) < 4.78 is 41.2.